The molecule has 0 aliphatic carbocycles. The molecule has 0 saturated carbocycles. The van der Waals surface area contributed by atoms with E-state index in [-0.39, 0.29) is 0 Å². The van der Waals surface area contributed by atoms with Crippen LogP contribution in [0.25, 0.3) is 0 Å². The first-order valence-electron chi connectivity index (χ1n) is 5.08. The Morgan fingerprint density at radius 3 is 2.20 bits per heavy atom. The minimum atomic E-state index is 1.05. The fourth-order valence-electron chi connectivity index (χ4n) is 1.37. The van der Waals surface area contributed by atoms with Gasteiger partial charge >= 0.3 is 0 Å². The van der Waals surface area contributed by atoms with E-state index in [0.29, 0.717) is 0 Å². The Morgan fingerprint density at radius 1 is 0.867 bits per heavy atom. The molecule has 0 unspecified atom stereocenters. The van der Waals surface area contributed by atoms with Crippen molar-refractivity contribution in [3.63, 3.8) is 0 Å². The van der Waals surface area contributed by atoms with Crippen LogP contribution in [0.1, 0.15) is 11.1 Å². The normalized spacial score (nSPS) is 10.2. The second-order valence-electron chi connectivity index (χ2n) is 3.59. The lowest BCUT2D eigenvalue weighted by Crippen LogP contribution is -1.80. The summed E-state index contributed by atoms with van der Waals surface area (Å²) in [5.41, 5.74) is 2.71. The van der Waals surface area contributed by atoms with Crippen molar-refractivity contribution < 1.29 is 0 Å². The highest BCUT2D eigenvalue weighted by atomic mass is 32.2. The molecule has 2 rings (SSSR count). The minimum Gasteiger partial charge on any atom is -0.121 e. The van der Waals surface area contributed by atoms with E-state index >= 15 is 0 Å². The molecular weight excluding hydrogens is 200 g/mol. The number of hydrogen-bond acceptors (Lipinski definition) is 1. The van der Waals surface area contributed by atoms with Gasteiger partial charge in [-0.05, 0) is 24.6 Å². The summed E-state index contributed by atoms with van der Waals surface area (Å²) in [6, 6.07) is 19.3. The maximum Gasteiger partial charge on any atom is 0.0231 e. The van der Waals surface area contributed by atoms with Crippen LogP contribution in [-0.2, 0) is 5.75 Å². The smallest absolute Gasteiger partial charge is 0.0231 e. The van der Waals surface area contributed by atoms with Gasteiger partial charge in [0.2, 0.25) is 0 Å². The van der Waals surface area contributed by atoms with Crippen LogP contribution in [0, 0.1) is 6.92 Å². The van der Waals surface area contributed by atoms with Gasteiger partial charge in [-0.15, -0.1) is 11.8 Å². The molecule has 0 nitrogen and oxygen atoms in total. The molecule has 15 heavy (non-hydrogen) atoms. The zero-order chi connectivity index (χ0) is 10.5. The lowest BCUT2D eigenvalue weighted by atomic mass is 10.2. The first-order chi connectivity index (χ1) is 7.34. The summed E-state index contributed by atoms with van der Waals surface area (Å²) in [7, 11) is 0. The average Bonchev–Trinajstić information content (AvgIpc) is 2.30. The van der Waals surface area contributed by atoms with Crippen LogP contribution in [0.3, 0.4) is 0 Å². The van der Waals surface area contributed by atoms with Gasteiger partial charge in [0.25, 0.3) is 0 Å². The van der Waals surface area contributed by atoms with Crippen molar-refractivity contribution in [3.05, 3.63) is 65.7 Å². The largest absolute Gasteiger partial charge is 0.121 e. The second-order valence-corrected chi connectivity index (χ2v) is 4.64. The molecule has 0 aliphatic rings. The van der Waals surface area contributed by atoms with Crippen molar-refractivity contribution in [1.82, 2.24) is 0 Å². The monoisotopic (exact) mass is 214 g/mol. The van der Waals surface area contributed by atoms with E-state index in [4.69, 9.17) is 0 Å². The van der Waals surface area contributed by atoms with E-state index in [0.717, 1.165) is 5.75 Å². The number of hydrogen-bond donors (Lipinski definition) is 0. The Bertz CT molecular complexity index is 403. The molecule has 0 aromatic heterocycles. The number of thioether (sulfide) groups is 1. The molecule has 1 heteroatoms. The van der Waals surface area contributed by atoms with Crippen molar-refractivity contribution in [2.24, 2.45) is 0 Å². The van der Waals surface area contributed by atoms with Crippen molar-refractivity contribution >= 4 is 11.8 Å². The van der Waals surface area contributed by atoms with Gasteiger partial charge in [-0.1, -0.05) is 48.0 Å². The molecule has 0 N–H and O–H groups in total. The number of rotatable bonds is 3. The highest BCUT2D eigenvalue weighted by Crippen LogP contribution is 2.22. The van der Waals surface area contributed by atoms with Crippen LogP contribution in [0.2, 0.25) is 0 Å². The third-order valence-corrected chi connectivity index (χ3v) is 3.35. The summed E-state index contributed by atoms with van der Waals surface area (Å²) < 4.78 is 0. The van der Waals surface area contributed by atoms with E-state index < -0.39 is 0 Å². The SMILES string of the molecule is Cc1ccc(CSc2ccccc2)cc1. The maximum absolute atomic E-state index is 2.20. The van der Waals surface area contributed by atoms with E-state index in [1.54, 1.807) is 0 Å². The van der Waals surface area contributed by atoms with Crippen molar-refractivity contribution in [3.8, 4) is 0 Å². The van der Waals surface area contributed by atoms with Crippen LogP contribution in [-0.4, -0.2) is 0 Å². The van der Waals surface area contributed by atoms with E-state index in [1.165, 1.54) is 16.0 Å². The third-order valence-electron chi connectivity index (χ3n) is 2.27. The zero-order valence-corrected chi connectivity index (χ0v) is 9.63. The summed E-state index contributed by atoms with van der Waals surface area (Å²) in [4.78, 5) is 1.33. The van der Waals surface area contributed by atoms with Crippen LogP contribution in [0.5, 0.6) is 0 Å². The van der Waals surface area contributed by atoms with Crippen LogP contribution in [0.4, 0.5) is 0 Å². The minimum absolute atomic E-state index is 1.05. The Morgan fingerprint density at radius 2 is 1.53 bits per heavy atom. The standard InChI is InChI=1S/C14H14S/c1-12-7-9-13(10-8-12)11-15-14-5-3-2-4-6-14/h2-10H,11H2,1H3. The molecule has 76 valence electrons. The Hall–Kier alpha value is -1.21. The van der Waals surface area contributed by atoms with E-state index in [2.05, 4.69) is 61.5 Å². The fourth-order valence-corrected chi connectivity index (χ4v) is 2.24. The molecule has 0 atom stereocenters. The summed E-state index contributed by atoms with van der Waals surface area (Å²) in [6.07, 6.45) is 0. The summed E-state index contributed by atoms with van der Waals surface area (Å²) in [5, 5.41) is 0. The molecule has 0 heterocycles. The molecule has 0 spiro atoms. The van der Waals surface area contributed by atoms with Gasteiger partial charge in [0.1, 0.15) is 0 Å². The molecular formula is C14H14S. The fraction of sp³-hybridized carbons (Fsp3) is 0.143. The van der Waals surface area contributed by atoms with Crippen LogP contribution in [0.15, 0.2) is 59.5 Å². The lowest BCUT2D eigenvalue weighted by molar-refractivity contribution is 1.35. The van der Waals surface area contributed by atoms with E-state index in [1.807, 2.05) is 11.8 Å². The van der Waals surface area contributed by atoms with Gasteiger partial charge in [0, 0.05) is 10.6 Å². The average molecular weight is 214 g/mol. The molecule has 0 amide bonds. The molecule has 2 aromatic rings. The van der Waals surface area contributed by atoms with Crippen molar-refractivity contribution in [2.75, 3.05) is 0 Å². The van der Waals surface area contributed by atoms with Crippen molar-refractivity contribution in [1.29, 1.82) is 0 Å². The van der Waals surface area contributed by atoms with Gasteiger partial charge < -0.3 is 0 Å². The second kappa shape index (κ2) is 5.04. The third kappa shape index (κ3) is 3.14. The quantitative estimate of drug-likeness (QED) is 0.687. The zero-order valence-electron chi connectivity index (χ0n) is 8.81. The molecule has 0 radical (unpaired) electrons. The maximum atomic E-state index is 2.20. The highest BCUT2D eigenvalue weighted by molar-refractivity contribution is 7.98. The lowest BCUT2D eigenvalue weighted by Gasteiger charge is -2.02. The van der Waals surface area contributed by atoms with Crippen molar-refractivity contribution in [2.45, 2.75) is 17.6 Å². The predicted octanol–water partition coefficient (Wildman–Crippen LogP) is 4.29. The van der Waals surface area contributed by atoms with Crippen LogP contribution < -0.4 is 0 Å². The first-order valence-corrected chi connectivity index (χ1v) is 6.06. The van der Waals surface area contributed by atoms with Gasteiger partial charge in [0.05, 0.1) is 0 Å². The summed E-state index contributed by atoms with van der Waals surface area (Å²) in [5.74, 6) is 1.05. The molecule has 0 bridgehead atoms. The van der Waals surface area contributed by atoms with Gasteiger partial charge in [-0.3, -0.25) is 0 Å². The van der Waals surface area contributed by atoms with E-state index in [9.17, 15) is 0 Å². The summed E-state index contributed by atoms with van der Waals surface area (Å²) >= 11 is 1.88. The number of aryl methyl sites for hydroxylation is 1. The van der Waals surface area contributed by atoms with Gasteiger partial charge in [0.15, 0.2) is 0 Å². The Balaban J connectivity index is 1.96. The number of benzene rings is 2. The van der Waals surface area contributed by atoms with Gasteiger partial charge in [-0.2, -0.15) is 0 Å². The molecule has 0 aliphatic heterocycles. The Labute approximate surface area is 95.3 Å². The topological polar surface area (TPSA) is 0 Å². The highest BCUT2D eigenvalue weighted by Gasteiger charge is 1.94. The Kier molecular flexibility index (Phi) is 3.46. The molecule has 2 aromatic carbocycles. The predicted molar refractivity (Wildman–Crippen MR) is 67.2 cm³/mol. The summed E-state index contributed by atoms with van der Waals surface area (Å²) in [6.45, 7) is 2.12. The van der Waals surface area contributed by atoms with Gasteiger partial charge in [-0.25, -0.2) is 0 Å². The van der Waals surface area contributed by atoms with Crippen LogP contribution >= 0.6 is 11.8 Å². The molecule has 0 fully saturated rings. The molecule has 0 saturated heterocycles. The first kappa shape index (κ1) is 10.3.